The monoisotopic (exact) mass is 563 g/mol. The number of alkyl halides is 4. The van der Waals surface area contributed by atoms with Crippen molar-refractivity contribution in [3.8, 4) is 5.75 Å². The molecule has 2 aromatic heterocycles. The number of hydrogen-bond donors (Lipinski definition) is 1. The van der Waals surface area contributed by atoms with Crippen LogP contribution in [-0.2, 0) is 6.42 Å². The summed E-state index contributed by atoms with van der Waals surface area (Å²) in [6, 6.07) is 9.09. The molecule has 3 aromatic rings. The number of Topliss-reactive ketones (excluding diaryl/α,β-unsaturated/α-hetero) is 1. The van der Waals surface area contributed by atoms with Crippen LogP contribution in [0.2, 0.25) is 0 Å². The summed E-state index contributed by atoms with van der Waals surface area (Å²) in [5.41, 5.74) is 2.15. The highest BCUT2D eigenvalue weighted by Gasteiger charge is 2.30. The minimum Gasteiger partial charge on any atom is -0.434 e. The molecule has 10 heteroatoms. The fourth-order valence-corrected chi connectivity index (χ4v) is 5.98. The van der Waals surface area contributed by atoms with Gasteiger partial charge in [0.2, 0.25) is 5.92 Å². The van der Waals surface area contributed by atoms with Gasteiger partial charge in [0.25, 0.3) is 5.56 Å². The number of piperidine rings is 1. The van der Waals surface area contributed by atoms with Crippen molar-refractivity contribution in [1.29, 1.82) is 0 Å². The molecular weight excluding hydrogens is 526 g/mol. The van der Waals surface area contributed by atoms with Crippen molar-refractivity contribution in [3.63, 3.8) is 0 Å². The minimum absolute atomic E-state index is 0.0154. The standard InChI is InChI=1S/C30H37F4N3O3/c1-18-17-26(40-29(31)32)23(28(39)35-18)9-10-25(38)27-20(3)37(24-8-6-5-7-22(24)27)19(2)21-11-14-36(15-12-21)16-13-30(4,33)34/h5-8,17,19,21,29H,9-16H2,1-4H3,(H,35,39)/t19-/m1/s1. The van der Waals surface area contributed by atoms with Crippen LogP contribution in [0.3, 0.4) is 0 Å². The number of aromatic amines is 1. The third-order valence-corrected chi connectivity index (χ3v) is 8.07. The molecule has 40 heavy (non-hydrogen) atoms. The summed E-state index contributed by atoms with van der Waals surface area (Å²) in [6.45, 7) is 5.36. The highest BCUT2D eigenvalue weighted by Crippen LogP contribution is 2.36. The molecule has 0 aliphatic carbocycles. The van der Waals surface area contributed by atoms with Crippen LogP contribution in [0.4, 0.5) is 17.6 Å². The average molecular weight is 564 g/mol. The first-order valence-electron chi connectivity index (χ1n) is 13.8. The Balaban J connectivity index is 1.54. The van der Waals surface area contributed by atoms with Crippen molar-refractivity contribution in [2.75, 3.05) is 19.6 Å². The van der Waals surface area contributed by atoms with E-state index in [0.29, 0.717) is 23.7 Å². The maximum atomic E-state index is 13.6. The van der Waals surface area contributed by atoms with E-state index in [4.69, 9.17) is 0 Å². The molecule has 4 rings (SSSR count). The molecule has 0 unspecified atom stereocenters. The lowest BCUT2D eigenvalue weighted by molar-refractivity contribution is -0.0506. The number of likely N-dealkylation sites (tertiary alicyclic amines) is 1. The molecule has 1 N–H and O–H groups in total. The number of aryl methyl sites for hydroxylation is 1. The number of H-pyrrole nitrogens is 1. The number of ether oxygens (including phenoxy) is 1. The number of para-hydroxylation sites is 1. The van der Waals surface area contributed by atoms with Crippen molar-refractivity contribution in [2.24, 2.45) is 5.92 Å². The number of carbonyl (C=O) groups is 1. The van der Waals surface area contributed by atoms with Crippen LogP contribution in [-0.4, -0.2) is 52.4 Å². The predicted molar refractivity (Wildman–Crippen MR) is 147 cm³/mol. The van der Waals surface area contributed by atoms with Gasteiger partial charge >= 0.3 is 6.61 Å². The lowest BCUT2D eigenvalue weighted by Gasteiger charge is -2.36. The first-order chi connectivity index (χ1) is 18.9. The van der Waals surface area contributed by atoms with Crippen LogP contribution in [0.25, 0.3) is 10.9 Å². The lowest BCUT2D eigenvalue weighted by atomic mass is 9.89. The van der Waals surface area contributed by atoms with Gasteiger partial charge in [-0.2, -0.15) is 8.78 Å². The van der Waals surface area contributed by atoms with E-state index in [9.17, 15) is 27.2 Å². The number of fused-ring (bicyclic) bond motifs is 1. The molecule has 0 bridgehead atoms. The minimum atomic E-state index is -3.09. The van der Waals surface area contributed by atoms with Gasteiger partial charge in [0.05, 0.1) is 5.56 Å². The number of hydrogen-bond acceptors (Lipinski definition) is 4. The Morgan fingerprint density at radius 2 is 1.85 bits per heavy atom. The molecule has 0 amide bonds. The quantitative estimate of drug-likeness (QED) is 0.209. The molecule has 1 aliphatic heterocycles. The van der Waals surface area contributed by atoms with Gasteiger partial charge in [0, 0.05) is 53.3 Å². The van der Waals surface area contributed by atoms with E-state index < -0.39 is 18.1 Å². The molecule has 1 atom stereocenters. The van der Waals surface area contributed by atoms with Crippen LogP contribution >= 0.6 is 0 Å². The normalized spacial score (nSPS) is 16.1. The van der Waals surface area contributed by atoms with Gasteiger partial charge in [-0.1, -0.05) is 18.2 Å². The number of nitrogens with zero attached hydrogens (tertiary/aromatic N) is 2. The Bertz CT molecular complexity index is 1400. The van der Waals surface area contributed by atoms with Gasteiger partial charge in [0.15, 0.2) is 5.78 Å². The molecule has 1 saturated heterocycles. The molecule has 1 aromatic carbocycles. The number of benzene rings is 1. The van der Waals surface area contributed by atoms with Crippen LogP contribution in [0.1, 0.15) is 72.9 Å². The average Bonchev–Trinajstić information content (AvgIpc) is 3.17. The first kappa shape index (κ1) is 29.8. The van der Waals surface area contributed by atoms with Crippen LogP contribution in [0.5, 0.6) is 5.75 Å². The van der Waals surface area contributed by atoms with Crippen LogP contribution < -0.4 is 10.3 Å². The Kier molecular flexibility index (Phi) is 9.07. The number of carbonyl (C=O) groups excluding carboxylic acids is 1. The van der Waals surface area contributed by atoms with E-state index >= 15 is 0 Å². The van der Waals surface area contributed by atoms with Crippen molar-refractivity contribution >= 4 is 16.7 Å². The summed E-state index contributed by atoms with van der Waals surface area (Å²) in [7, 11) is 0. The Morgan fingerprint density at radius 1 is 1.18 bits per heavy atom. The molecule has 3 heterocycles. The van der Waals surface area contributed by atoms with E-state index in [0.717, 1.165) is 49.5 Å². The van der Waals surface area contributed by atoms with Gasteiger partial charge < -0.3 is 19.2 Å². The molecule has 6 nitrogen and oxygen atoms in total. The van der Waals surface area contributed by atoms with Gasteiger partial charge in [-0.05, 0) is 78.1 Å². The van der Waals surface area contributed by atoms with Gasteiger partial charge in [-0.15, -0.1) is 0 Å². The van der Waals surface area contributed by atoms with E-state index in [1.807, 2.05) is 31.2 Å². The topological polar surface area (TPSA) is 67.3 Å². The Hall–Kier alpha value is -3.14. The maximum absolute atomic E-state index is 13.6. The Morgan fingerprint density at radius 3 is 2.50 bits per heavy atom. The fourth-order valence-electron chi connectivity index (χ4n) is 5.98. The number of halogens is 4. The Labute approximate surface area is 231 Å². The van der Waals surface area contributed by atoms with E-state index in [2.05, 4.69) is 26.1 Å². The maximum Gasteiger partial charge on any atom is 0.387 e. The summed E-state index contributed by atoms with van der Waals surface area (Å²) in [5, 5.41) is 0.807. The van der Waals surface area contributed by atoms with Crippen molar-refractivity contribution in [2.45, 2.75) is 78.4 Å². The zero-order valence-corrected chi connectivity index (χ0v) is 23.4. The fraction of sp³-hybridized carbons (Fsp3) is 0.533. The van der Waals surface area contributed by atoms with Gasteiger partial charge in [-0.3, -0.25) is 9.59 Å². The zero-order valence-electron chi connectivity index (χ0n) is 23.4. The SMILES string of the molecule is Cc1cc(OC(F)F)c(CCC(=O)c2c(C)n([C@H](C)C3CCN(CCC(C)(F)F)CC3)c3ccccc23)c(=O)[nH]1. The third-order valence-electron chi connectivity index (χ3n) is 8.07. The van der Waals surface area contributed by atoms with Crippen LogP contribution in [0, 0.1) is 19.8 Å². The lowest BCUT2D eigenvalue weighted by Crippen LogP contribution is -2.38. The summed E-state index contributed by atoms with van der Waals surface area (Å²) in [6.07, 6.45) is 1.50. The summed E-state index contributed by atoms with van der Waals surface area (Å²) in [5.74, 6) is -2.75. The molecule has 0 spiro atoms. The number of aromatic nitrogens is 2. The van der Waals surface area contributed by atoms with Gasteiger partial charge in [-0.25, -0.2) is 8.78 Å². The highest BCUT2D eigenvalue weighted by molar-refractivity contribution is 6.09. The van der Waals surface area contributed by atoms with E-state index in [1.54, 1.807) is 6.92 Å². The van der Waals surface area contributed by atoms with Crippen molar-refractivity contribution < 1.29 is 27.1 Å². The molecular formula is C30H37F4N3O3. The molecule has 0 saturated carbocycles. The highest BCUT2D eigenvalue weighted by atomic mass is 19.3. The predicted octanol–water partition coefficient (Wildman–Crippen LogP) is 6.68. The van der Waals surface area contributed by atoms with Crippen molar-refractivity contribution in [3.05, 3.63) is 63.2 Å². The van der Waals surface area contributed by atoms with Gasteiger partial charge in [0.1, 0.15) is 5.75 Å². The summed E-state index contributed by atoms with van der Waals surface area (Å²) in [4.78, 5) is 30.8. The number of rotatable bonds is 11. The second-order valence-electron chi connectivity index (χ2n) is 11.0. The first-order valence-corrected chi connectivity index (χ1v) is 13.8. The summed E-state index contributed by atoms with van der Waals surface area (Å²) < 4.78 is 59.3. The third kappa shape index (κ3) is 6.77. The smallest absolute Gasteiger partial charge is 0.387 e. The van der Waals surface area contributed by atoms with E-state index in [1.165, 1.54) is 6.07 Å². The second kappa shape index (κ2) is 12.2. The number of pyridine rings is 1. The largest absolute Gasteiger partial charge is 0.434 e. The van der Waals surface area contributed by atoms with Crippen LogP contribution in [0.15, 0.2) is 35.1 Å². The molecule has 1 fully saturated rings. The number of ketones is 1. The molecule has 218 valence electrons. The zero-order chi connectivity index (χ0) is 29.2. The molecule has 1 aliphatic rings. The van der Waals surface area contributed by atoms with E-state index in [-0.39, 0.29) is 42.4 Å². The number of nitrogens with one attached hydrogen (secondary N) is 1. The van der Waals surface area contributed by atoms with Crippen molar-refractivity contribution in [1.82, 2.24) is 14.5 Å². The molecule has 0 radical (unpaired) electrons. The summed E-state index contributed by atoms with van der Waals surface area (Å²) >= 11 is 0. The second-order valence-corrected chi connectivity index (χ2v) is 11.0.